The Morgan fingerprint density at radius 3 is 2.78 bits per heavy atom. The van der Waals surface area contributed by atoms with Gasteiger partial charge in [0.05, 0.1) is 12.2 Å². The largest absolute Gasteiger partial charge is 0.366 e. The molecule has 23 heavy (non-hydrogen) atoms. The first-order chi connectivity index (χ1) is 10.9. The molecule has 5 aliphatic rings. The van der Waals surface area contributed by atoms with E-state index in [1.54, 1.807) is 0 Å². The predicted molar refractivity (Wildman–Crippen MR) is 81.9 cm³/mol. The highest BCUT2D eigenvalue weighted by Crippen LogP contribution is 2.63. The molecular formula is C18H26O5. The van der Waals surface area contributed by atoms with Gasteiger partial charge in [0.15, 0.2) is 11.9 Å². The van der Waals surface area contributed by atoms with Gasteiger partial charge < -0.3 is 14.2 Å². The molecule has 1 aliphatic carbocycles. The lowest BCUT2D eigenvalue weighted by molar-refractivity contribution is -0.541. The van der Waals surface area contributed by atoms with E-state index in [0.29, 0.717) is 25.0 Å². The molecule has 5 nitrogen and oxygen atoms in total. The molecule has 4 aliphatic heterocycles. The topological polar surface area (TPSA) is 46.2 Å². The molecule has 0 aromatic rings. The van der Waals surface area contributed by atoms with E-state index in [1.807, 2.05) is 6.92 Å². The minimum atomic E-state index is -0.720. The molecule has 1 saturated carbocycles. The zero-order valence-electron chi connectivity index (χ0n) is 14.2. The van der Waals surface area contributed by atoms with Gasteiger partial charge in [0, 0.05) is 12.3 Å². The van der Waals surface area contributed by atoms with Gasteiger partial charge >= 0.3 is 0 Å². The number of hydrogen-bond donors (Lipinski definition) is 0. The van der Waals surface area contributed by atoms with Crippen LogP contribution >= 0.6 is 0 Å². The van der Waals surface area contributed by atoms with E-state index in [-0.39, 0.29) is 5.92 Å². The highest BCUT2D eigenvalue weighted by atomic mass is 17.3. The van der Waals surface area contributed by atoms with Gasteiger partial charge in [-0.1, -0.05) is 12.8 Å². The summed E-state index contributed by atoms with van der Waals surface area (Å²) in [5, 5.41) is 0. The Hall–Kier alpha value is -0.640. The van der Waals surface area contributed by atoms with E-state index in [0.717, 1.165) is 25.7 Å². The van der Waals surface area contributed by atoms with Gasteiger partial charge in [-0.3, -0.25) is 0 Å². The Balaban J connectivity index is 1.70. The maximum Gasteiger partial charge on any atom is 0.201 e. The highest BCUT2D eigenvalue weighted by molar-refractivity contribution is 5.15. The number of terminal acetylenes is 1. The Morgan fingerprint density at radius 1 is 1.17 bits per heavy atom. The van der Waals surface area contributed by atoms with E-state index in [4.69, 9.17) is 30.4 Å². The average molecular weight is 322 g/mol. The third-order valence-corrected chi connectivity index (χ3v) is 6.41. The van der Waals surface area contributed by atoms with Crippen LogP contribution in [-0.2, 0) is 24.0 Å². The van der Waals surface area contributed by atoms with E-state index in [1.165, 1.54) is 0 Å². The van der Waals surface area contributed by atoms with Crippen LogP contribution in [0.3, 0.4) is 0 Å². The van der Waals surface area contributed by atoms with Crippen molar-refractivity contribution in [1.29, 1.82) is 0 Å². The molecule has 1 spiro atoms. The van der Waals surface area contributed by atoms with E-state index in [9.17, 15) is 0 Å². The smallest absolute Gasteiger partial charge is 0.201 e. The minimum absolute atomic E-state index is 0.182. The van der Waals surface area contributed by atoms with Crippen LogP contribution in [0.1, 0.15) is 46.5 Å². The Morgan fingerprint density at radius 2 is 2.00 bits per heavy atom. The fourth-order valence-electron chi connectivity index (χ4n) is 5.26. The maximum absolute atomic E-state index is 6.41. The quantitative estimate of drug-likeness (QED) is 0.454. The van der Waals surface area contributed by atoms with Gasteiger partial charge in [-0.2, -0.15) is 0 Å². The highest BCUT2D eigenvalue weighted by Gasteiger charge is 2.73. The van der Waals surface area contributed by atoms with E-state index in [2.05, 4.69) is 19.8 Å². The third kappa shape index (κ3) is 2.13. The molecule has 2 bridgehead atoms. The number of ether oxygens (including phenoxy) is 3. The molecule has 4 heterocycles. The van der Waals surface area contributed by atoms with Crippen LogP contribution in [0, 0.1) is 30.1 Å². The normalized spacial score (nSPS) is 54.3. The zero-order chi connectivity index (χ0) is 16.3. The summed E-state index contributed by atoms with van der Waals surface area (Å²) in [5.41, 5.74) is -0.992. The molecule has 5 fully saturated rings. The van der Waals surface area contributed by atoms with Crippen LogP contribution in [0.25, 0.3) is 0 Å². The summed E-state index contributed by atoms with van der Waals surface area (Å²) in [6.07, 6.45) is 8.96. The molecule has 4 saturated heterocycles. The summed E-state index contributed by atoms with van der Waals surface area (Å²) < 4.78 is 18.3. The van der Waals surface area contributed by atoms with Gasteiger partial charge in [0.25, 0.3) is 0 Å². The van der Waals surface area contributed by atoms with Gasteiger partial charge in [-0.05, 0) is 44.9 Å². The molecule has 128 valence electrons. The first-order valence-corrected chi connectivity index (χ1v) is 8.67. The first-order valence-electron chi connectivity index (χ1n) is 8.67. The molecule has 7 atom stereocenters. The monoisotopic (exact) mass is 322 g/mol. The number of fused-ring (bicyclic) bond motifs is 2. The standard InChI is InChI=1S/C18H26O5/c1-5-10-19-11-16(3)14-7-6-12(2)13-8-9-17(4)21-15(20-16)18(13,14)23-22-17/h1,12-15H,6-11H2,2-4H3/t12-,13+,14?,15+,16-,17-,18-/m1/s1. The van der Waals surface area contributed by atoms with Crippen molar-refractivity contribution in [2.75, 3.05) is 13.2 Å². The van der Waals surface area contributed by atoms with Crippen LogP contribution in [0.4, 0.5) is 0 Å². The van der Waals surface area contributed by atoms with Crippen molar-refractivity contribution < 1.29 is 24.0 Å². The van der Waals surface area contributed by atoms with E-state index < -0.39 is 23.3 Å². The second kappa shape index (κ2) is 5.18. The SMILES string of the molecule is C#CCOC[C@@]1(C)O[C@H]2O[C@@]3(C)CC[C@H]4[C@H](C)CCC1[C@@]24OO3. The summed E-state index contributed by atoms with van der Waals surface area (Å²) in [6.45, 7) is 7.07. The van der Waals surface area contributed by atoms with Crippen molar-refractivity contribution in [2.45, 2.75) is 69.7 Å². The van der Waals surface area contributed by atoms with Gasteiger partial charge in [-0.15, -0.1) is 6.42 Å². The lowest BCUT2D eigenvalue weighted by Crippen LogP contribution is -2.62. The molecule has 0 radical (unpaired) electrons. The predicted octanol–water partition coefficient (Wildman–Crippen LogP) is 2.64. The Kier molecular flexibility index (Phi) is 3.57. The second-order valence-electron chi connectivity index (χ2n) is 7.98. The minimum Gasteiger partial charge on any atom is -0.366 e. The third-order valence-electron chi connectivity index (χ3n) is 6.41. The van der Waals surface area contributed by atoms with Crippen LogP contribution in [0.2, 0.25) is 0 Å². The van der Waals surface area contributed by atoms with Crippen LogP contribution in [0.15, 0.2) is 0 Å². The van der Waals surface area contributed by atoms with Crippen molar-refractivity contribution in [3.8, 4) is 12.3 Å². The molecule has 0 aromatic carbocycles. The van der Waals surface area contributed by atoms with Crippen molar-refractivity contribution in [2.24, 2.45) is 17.8 Å². The molecule has 5 rings (SSSR count). The summed E-state index contributed by atoms with van der Waals surface area (Å²) in [5.74, 6) is 2.93. The van der Waals surface area contributed by atoms with Gasteiger partial charge in [-0.25, -0.2) is 9.78 Å². The fourth-order valence-corrected chi connectivity index (χ4v) is 5.26. The van der Waals surface area contributed by atoms with Crippen molar-refractivity contribution in [1.82, 2.24) is 0 Å². The number of rotatable bonds is 3. The molecule has 5 heteroatoms. The molecular weight excluding hydrogens is 296 g/mol. The van der Waals surface area contributed by atoms with Crippen LogP contribution in [0.5, 0.6) is 0 Å². The summed E-state index contributed by atoms with van der Waals surface area (Å²) in [7, 11) is 0. The summed E-state index contributed by atoms with van der Waals surface area (Å²) in [6, 6.07) is 0. The lowest BCUT2D eigenvalue weighted by atomic mass is 9.60. The molecule has 0 aromatic heterocycles. The fraction of sp³-hybridized carbons (Fsp3) is 0.889. The Labute approximate surface area is 137 Å². The summed E-state index contributed by atoms with van der Waals surface area (Å²) >= 11 is 0. The van der Waals surface area contributed by atoms with Crippen molar-refractivity contribution in [3.63, 3.8) is 0 Å². The molecule has 0 amide bonds. The molecule has 1 unspecified atom stereocenters. The number of hydrogen-bond acceptors (Lipinski definition) is 5. The lowest BCUT2D eigenvalue weighted by Gasteiger charge is -2.50. The zero-order valence-corrected chi connectivity index (χ0v) is 14.2. The maximum atomic E-state index is 6.41. The van der Waals surface area contributed by atoms with Crippen molar-refractivity contribution in [3.05, 3.63) is 0 Å². The average Bonchev–Trinajstić information content (AvgIpc) is 2.61. The first kappa shape index (κ1) is 15.9. The van der Waals surface area contributed by atoms with Gasteiger partial charge in [0.2, 0.25) is 5.79 Å². The second-order valence-corrected chi connectivity index (χ2v) is 7.98. The Bertz CT molecular complexity index is 530. The van der Waals surface area contributed by atoms with Crippen LogP contribution in [-0.4, -0.2) is 36.5 Å². The van der Waals surface area contributed by atoms with Crippen LogP contribution < -0.4 is 0 Å². The van der Waals surface area contributed by atoms with Crippen molar-refractivity contribution >= 4 is 0 Å². The molecule has 0 N–H and O–H groups in total. The summed E-state index contributed by atoms with van der Waals surface area (Å²) in [4.78, 5) is 11.8. The van der Waals surface area contributed by atoms with Gasteiger partial charge in [0.1, 0.15) is 6.61 Å². The van der Waals surface area contributed by atoms with E-state index >= 15 is 0 Å².